The van der Waals surface area contributed by atoms with Gasteiger partial charge in [0.15, 0.2) is 5.65 Å². The number of nitrogens with zero attached hydrogens (tertiary/aromatic N) is 3. The zero-order chi connectivity index (χ0) is 13.9. The molecule has 0 aromatic carbocycles. The topological polar surface area (TPSA) is 98.8 Å². The lowest BCUT2D eigenvalue weighted by atomic mass is 9.85. The van der Waals surface area contributed by atoms with Crippen LogP contribution in [0.5, 0.6) is 0 Å². The lowest BCUT2D eigenvalue weighted by Gasteiger charge is -2.31. The van der Waals surface area contributed by atoms with Crippen molar-refractivity contribution in [2.45, 2.75) is 31.7 Å². The van der Waals surface area contributed by atoms with Crippen molar-refractivity contribution in [2.24, 2.45) is 5.92 Å². The van der Waals surface area contributed by atoms with E-state index in [9.17, 15) is 5.11 Å². The van der Waals surface area contributed by atoms with Gasteiger partial charge in [-0.05, 0) is 12.8 Å². The molecule has 0 spiro atoms. The molecule has 0 radical (unpaired) electrons. The average Bonchev–Trinajstić information content (AvgIpc) is 2.96. The van der Waals surface area contributed by atoms with Crippen molar-refractivity contribution in [3.05, 3.63) is 6.20 Å². The van der Waals surface area contributed by atoms with Crippen LogP contribution in [0.3, 0.4) is 0 Å². The fourth-order valence-corrected chi connectivity index (χ4v) is 2.85. The van der Waals surface area contributed by atoms with E-state index >= 15 is 0 Å². The summed E-state index contributed by atoms with van der Waals surface area (Å²) >= 11 is 0. The first-order chi connectivity index (χ1) is 9.81. The summed E-state index contributed by atoms with van der Waals surface area (Å²) in [6.45, 7) is 0.218. The van der Waals surface area contributed by atoms with E-state index in [1.165, 1.54) is 12.8 Å². The fourth-order valence-electron chi connectivity index (χ4n) is 2.85. The van der Waals surface area contributed by atoms with Crippen LogP contribution in [-0.2, 0) is 0 Å². The van der Waals surface area contributed by atoms with E-state index in [4.69, 9.17) is 0 Å². The molecule has 0 aliphatic heterocycles. The molecule has 2 aromatic heterocycles. The largest absolute Gasteiger partial charge is 0.396 e. The van der Waals surface area contributed by atoms with Crippen LogP contribution < -0.4 is 10.6 Å². The molecule has 0 saturated heterocycles. The van der Waals surface area contributed by atoms with Crippen LogP contribution >= 0.6 is 0 Å². The summed E-state index contributed by atoms with van der Waals surface area (Å²) < 4.78 is 0. The van der Waals surface area contributed by atoms with Gasteiger partial charge in [-0.3, -0.25) is 5.10 Å². The predicted octanol–water partition coefficient (Wildman–Crippen LogP) is 1.36. The van der Waals surface area contributed by atoms with Gasteiger partial charge in [-0.25, -0.2) is 0 Å². The molecular formula is C13H20N6O. The van der Waals surface area contributed by atoms with Crippen LogP contribution in [0.1, 0.15) is 25.7 Å². The minimum atomic E-state index is 0.218. The minimum Gasteiger partial charge on any atom is -0.396 e. The Morgan fingerprint density at radius 1 is 1.35 bits per heavy atom. The van der Waals surface area contributed by atoms with Gasteiger partial charge in [0.05, 0.1) is 11.6 Å². The number of aliphatic hydroxyl groups is 1. The average molecular weight is 276 g/mol. The van der Waals surface area contributed by atoms with Crippen LogP contribution in [0.15, 0.2) is 6.20 Å². The van der Waals surface area contributed by atoms with E-state index in [-0.39, 0.29) is 12.6 Å². The van der Waals surface area contributed by atoms with Gasteiger partial charge in [0.2, 0.25) is 5.95 Å². The predicted molar refractivity (Wildman–Crippen MR) is 77.7 cm³/mol. The molecule has 1 fully saturated rings. The Balaban J connectivity index is 1.90. The first-order valence-corrected chi connectivity index (χ1v) is 7.08. The Kier molecular flexibility index (Phi) is 3.68. The van der Waals surface area contributed by atoms with Crippen LogP contribution in [0.2, 0.25) is 0 Å². The molecule has 20 heavy (non-hydrogen) atoms. The molecule has 3 rings (SSSR count). The number of hydrogen-bond acceptors (Lipinski definition) is 6. The fraction of sp³-hybridized carbons (Fsp3) is 0.615. The maximum absolute atomic E-state index is 9.51. The van der Waals surface area contributed by atoms with Gasteiger partial charge in [-0.2, -0.15) is 15.1 Å². The van der Waals surface area contributed by atoms with Gasteiger partial charge in [0.25, 0.3) is 0 Å². The first-order valence-electron chi connectivity index (χ1n) is 7.08. The molecule has 7 heteroatoms. The molecular weight excluding hydrogens is 256 g/mol. The summed E-state index contributed by atoms with van der Waals surface area (Å²) in [5.74, 6) is 1.62. The summed E-state index contributed by atoms with van der Waals surface area (Å²) in [5.41, 5.74) is 0.711. The Morgan fingerprint density at radius 3 is 3.00 bits per heavy atom. The number of nitrogens with one attached hydrogen (secondary N) is 3. The number of rotatable bonds is 4. The maximum Gasteiger partial charge on any atom is 0.226 e. The molecule has 1 saturated carbocycles. The third-order valence-electron chi connectivity index (χ3n) is 4.00. The SMILES string of the molecule is CNc1nc(NC2CCCCC2CO)c2cn[nH]c2n1. The molecule has 4 N–H and O–H groups in total. The van der Waals surface area contributed by atoms with Gasteiger partial charge >= 0.3 is 0 Å². The molecule has 0 amide bonds. The highest BCUT2D eigenvalue weighted by Gasteiger charge is 2.25. The van der Waals surface area contributed by atoms with Crippen LogP contribution in [-0.4, -0.2) is 45.0 Å². The standard InChI is InChI=1S/C13H20N6O/c1-14-13-17-11(9-6-15-19-12(9)18-13)16-10-5-3-2-4-8(10)7-20/h6,8,10,20H,2-5,7H2,1H3,(H3,14,15,16,17,18,19). The normalized spacial score (nSPS) is 22.9. The number of hydrogen-bond donors (Lipinski definition) is 4. The van der Waals surface area contributed by atoms with Gasteiger partial charge < -0.3 is 15.7 Å². The third-order valence-corrected chi connectivity index (χ3v) is 4.00. The lowest BCUT2D eigenvalue weighted by molar-refractivity contribution is 0.178. The third kappa shape index (κ3) is 2.40. The first kappa shape index (κ1) is 13.1. The van der Waals surface area contributed by atoms with Crippen molar-refractivity contribution in [2.75, 3.05) is 24.3 Å². The van der Waals surface area contributed by atoms with Crippen molar-refractivity contribution >= 4 is 22.8 Å². The number of anilines is 2. The zero-order valence-corrected chi connectivity index (χ0v) is 11.6. The van der Waals surface area contributed by atoms with Crippen LogP contribution in [0.25, 0.3) is 11.0 Å². The van der Waals surface area contributed by atoms with Crippen molar-refractivity contribution < 1.29 is 5.11 Å². The second-order valence-electron chi connectivity index (χ2n) is 5.26. The van der Waals surface area contributed by atoms with E-state index in [1.807, 2.05) is 0 Å². The van der Waals surface area contributed by atoms with Gasteiger partial charge in [0.1, 0.15) is 5.82 Å². The molecule has 1 aliphatic carbocycles. The summed E-state index contributed by atoms with van der Waals surface area (Å²) in [5, 5.41) is 23.7. The van der Waals surface area contributed by atoms with Gasteiger partial charge in [-0.15, -0.1) is 0 Å². The van der Waals surface area contributed by atoms with Crippen molar-refractivity contribution in [1.29, 1.82) is 0 Å². The van der Waals surface area contributed by atoms with Gasteiger partial charge in [0, 0.05) is 25.6 Å². The van der Waals surface area contributed by atoms with Gasteiger partial charge in [-0.1, -0.05) is 12.8 Å². The lowest BCUT2D eigenvalue weighted by Crippen LogP contribution is -2.34. The molecule has 7 nitrogen and oxygen atoms in total. The molecule has 2 heterocycles. The van der Waals surface area contributed by atoms with Crippen LogP contribution in [0, 0.1) is 5.92 Å². The molecule has 0 bridgehead atoms. The highest BCUT2D eigenvalue weighted by molar-refractivity contribution is 5.87. The van der Waals surface area contributed by atoms with Crippen molar-refractivity contribution in [1.82, 2.24) is 20.2 Å². The van der Waals surface area contributed by atoms with E-state index in [1.54, 1.807) is 13.2 Å². The summed E-state index contributed by atoms with van der Waals surface area (Å²) in [4.78, 5) is 8.80. The quantitative estimate of drug-likeness (QED) is 0.673. The summed E-state index contributed by atoms with van der Waals surface area (Å²) in [7, 11) is 1.79. The van der Waals surface area contributed by atoms with Crippen molar-refractivity contribution in [3.63, 3.8) is 0 Å². The molecule has 2 unspecified atom stereocenters. The molecule has 1 aliphatic rings. The number of aliphatic hydroxyl groups excluding tert-OH is 1. The molecule has 2 atom stereocenters. The summed E-state index contributed by atoms with van der Waals surface area (Å²) in [6, 6.07) is 0.256. The number of fused-ring (bicyclic) bond motifs is 1. The number of aromatic nitrogens is 4. The summed E-state index contributed by atoms with van der Waals surface area (Å²) in [6.07, 6.45) is 6.23. The minimum absolute atomic E-state index is 0.218. The Labute approximate surface area is 117 Å². The second kappa shape index (κ2) is 5.62. The number of aromatic amines is 1. The van der Waals surface area contributed by atoms with Crippen LogP contribution in [0.4, 0.5) is 11.8 Å². The Hall–Kier alpha value is -1.89. The highest BCUT2D eigenvalue weighted by atomic mass is 16.3. The second-order valence-corrected chi connectivity index (χ2v) is 5.26. The molecule has 2 aromatic rings. The van der Waals surface area contributed by atoms with E-state index < -0.39 is 0 Å². The van der Waals surface area contributed by atoms with E-state index in [0.29, 0.717) is 17.5 Å². The highest BCUT2D eigenvalue weighted by Crippen LogP contribution is 2.29. The van der Waals surface area contributed by atoms with E-state index in [0.717, 1.165) is 24.0 Å². The van der Waals surface area contributed by atoms with Crippen molar-refractivity contribution in [3.8, 4) is 0 Å². The smallest absolute Gasteiger partial charge is 0.226 e. The Bertz CT molecular complexity index is 583. The molecule has 108 valence electrons. The van der Waals surface area contributed by atoms with E-state index in [2.05, 4.69) is 30.8 Å². The maximum atomic E-state index is 9.51. The Morgan fingerprint density at radius 2 is 2.20 bits per heavy atom. The number of H-pyrrole nitrogens is 1. The zero-order valence-electron chi connectivity index (χ0n) is 11.6. The monoisotopic (exact) mass is 276 g/mol.